The number of hydrogen-bond acceptors (Lipinski definition) is 0. The first-order valence-electron chi connectivity index (χ1n) is 3.27. The van der Waals surface area contributed by atoms with Crippen LogP contribution in [0.25, 0.3) is 0 Å². The van der Waals surface area contributed by atoms with Gasteiger partial charge in [0.2, 0.25) is 0 Å². The zero-order valence-corrected chi connectivity index (χ0v) is 9.02. The summed E-state index contributed by atoms with van der Waals surface area (Å²) >= 11 is 1.29. The van der Waals surface area contributed by atoms with E-state index in [1.54, 1.807) is 0 Å². The molecule has 0 bridgehead atoms. The molecule has 1 rings (SSSR count). The van der Waals surface area contributed by atoms with E-state index in [-0.39, 0.29) is 23.4 Å². The minimum Gasteiger partial charge on any atom is -1.00 e. The van der Waals surface area contributed by atoms with E-state index in [1.165, 1.54) is 16.2 Å². The van der Waals surface area contributed by atoms with Crippen molar-refractivity contribution >= 4 is 11.3 Å². The summed E-state index contributed by atoms with van der Waals surface area (Å²) in [6, 6.07) is 12.4. The Labute approximate surface area is 88.6 Å². The lowest BCUT2D eigenvalue weighted by Gasteiger charge is -1.67. The molecule has 0 unspecified atom stereocenters. The smallest absolute Gasteiger partial charge is 0.144 e. The van der Waals surface area contributed by atoms with Crippen molar-refractivity contribution in [2.24, 2.45) is 0 Å². The first-order chi connectivity index (χ1) is 4.89. The second-order valence-corrected chi connectivity index (χ2v) is 3.31. The molecule has 4 N–H and O–H groups in total. The third-order valence-corrected chi connectivity index (χ3v) is 2.02. The van der Waals surface area contributed by atoms with E-state index < -0.39 is 0 Å². The predicted octanol–water partition coefficient (Wildman–Crippen LogP) is -1.73. The molecule has 0 amide bonds. The molecule has 4 heteroatoms. The first-order valence-corrected chi connectivity index (χ1v) is 4.23. The fraction of sp³-hybridized carbons (Fsp3) is 0.111. The van der Waals surface area contributed by atoms with Crippen LogP contribution >= 0.6 is 11.3 Å². The third-order valence-electron chi connectivity index (χ3n) is 1.15. The van der Waals surface area contributed by atoms with Gasteiger partial charge < -0.3 is 23.4 Å². The van der Waals surface area contributed by atoms with Crippen LogP contribution in [0.4, 0.5) is 0 Å². The van der Waals surface area contributed by atoms with Crippen molar-refractivity contribution in [3.8, 4) is 0 Å². The molecule has 1 aromatic heterocycles. The Bertz CT molecular complexity index is 225. The van der Waals surface area contributed by atoms with Crippen molar-refractivity contribution in [3.05, 3.63) is 46.7 Å². The largest absolute Gasteiger partial charge is 1.00 e. The molecule has 0 fully saturated rings. The molecular weight excluding hydrogens is 208 g/mol. The van der Waals surface area contributed by atoms with Gasteiger partial charge in [0.25, 0.3) is 0 Å². The van der Waals surface area contributed by atoms with Crippen LogP contribution in [0.15, 0.2) is 41.8 Å². The van der Waals surface area contributed by atoms with Crippen molar-refractivity contribution in [1.29, 1.82) is 0 Å². The van der Waals surface area contributed by atoms with Gasteiger partial charge in [0, 0.05) is 6.92 Å². The Balaban J connectivity index is -0.000000333. The van der Waals surface area contributed by atoms with Crippen LogP contribution in [0.2, 0.25) is 0 Å². The van der Waals surface area contributed by atoms with Gasteiger partial charge >= 0.3 is 0 Å². The molecule has 0 aliphatic carbocycles. The summed E-state index contributed by atoms with van der Waals surface area (Å²) in [7, 11) is 0. The molecule has 13 heavy (non-hydrogen) atoms. The Morgan fingerprint density at radius 3 is 2.15 bits per heavy atom. The van der Waals surface area contributed by atoms with E-state index in [2.05, 4.69) is 30.5 Å². The van der Waals surface area contributed by atoms with E-state index in [0.29, 0.717) is 0 Å². The van der Waals surface area contributed by atoms with Gasteiger partial charge in [0.15, 0.2) is 0 Å². The van der Waals surface area contributed by atoms with Gasteiger partial charge in [0.1, 0.15) is 10.3 Å². The summed E-state index contributed by atoms with van der Waals surface area (Å²) in [6.45, 7) is 2.13. The van der Waals surface area contributed by atoms with E-state index in [9.17, 15) is 0 Å². The van der Waals surface area contributed by atoms with Crippen LogP contribution in [0.5, 0.6) is 0 Å². The van der Waals surface area contributed by atoms with Crippen LogP contribution in [0.3, 0.4) is 0 Å². The molecule has 1 heterocycles. The van der Waals surface area contributed by atoms with Crippen LogP contribution in [0, 0.1) is 6.92 Å². The second kappa shape index (κ2) is 11.4. The van der Waals surface area contributed by atoms with E-state index >= 15 is 0 Å². The van der Waals surface area contributed by atoms with E-state index in [0.717, 1.165) is 0 Å². The van der Waals surface area contributed by atoms with Gasteiger partial charge in [-0.2, -0.15) is 0 Å². The maximum Gasteiger partial charge on any atom is 0.144 e. The Morgan fingerprint density at radius 1 is 0.923 bits per heavy atom. The van der Waals surface area contributed by atoms with Crippen LogP contribution < -0.4 is 12.4 Å². The van der Waals surface area contributed by atoms with Crippen molar-refractivity contribution in [2.75, 3.05) is 0 Å². The fourth-order valence-electron chi connectivity index (χ4n) is 0.641. The van der Waals surface area contributed by atoms with Crippen molar-refractivity contribution < 1.29 is 23.4 Å². The monoisotopic (exact) mass is 222 g/mol. The SMILES string of the molecule is Cc1ccccccc[sH+]1.O.O.[Cl-]. The van der Waals surface area contributed by atoms with Crippen LogP contribution in [-0.2, 0) is 0 Å². The zero-order valence-electron chi connectivity index (χ0n) is 7.37. The molecule has 0 radical (unpaired) electrons. The summed E-state index contributed by atoms with van der Waals surface area (Å²) in [4.78, 5) is 1.37. The molecule has 0 aliphatic heterocycles. The second-order valence-electron chi connectivity index (χ2n) is 2.05. The van der Waals surface area contributed by atoms with E-state index in [1.807, 2.05) is 18.2 Å². The van der Waals surface area contributed by atoms with Crippen LogP contribution in [0.1, 0.15) is 4.88 Å². The molecule has 2 nitrogen and oxygen atoms in total. The summed E-state index contributed by atoms with van der Waals surface area (Å²) in [5.41, 5.74) is 0. The van der Waals surface area contributed by atoms with Crippen molar-refractivity contribution in [2.45, 2.75) is 6.92 Å². The Hall–Kier alpha value is -0.610. The third kappa shape index (κ3) is 9.30. The predicted molar refractivity (Wildman–Crippen MR) is 55.3 cm³/mol. The topological polar surface area (TPSA) is 63.0 Å². The summed E-state index contributed by atoms with van der Waals surface area (Å²) < 4.78 is 0. The fourth-order valence-corrected chi connectivity index (χ4v) is 1.23. The maximum atomic E-state index is 2.13. The minimum atomic E-state index is 0. The Morgan fingerprint density at radius 2 is 1.46 bits per heavy atom. The average Bonchev–Trinajstić information content (AvgIpc) is 2.02. The van der Waals surface area contributed by atoms with Crippen molar-refractivity contribution in [3.63, 3.8) is 0 Å². The number of rotatable bonds is 0. The highest BCUT2D eigenvalue weighted by Crippen LogP contribution is 1.99. The number of aryl methyl sites for hydroxylation is 1. The highest BCUT2D eigenvalue weighted by molar-refractivity contribution is 7.09. The molecular formula is C9H15ClO2S. The first kappa shape index (κ1) is 18.2. The standard InChI is InChI=1S/C9H10S.ClH.2H2O/c1-9-7-5-3-2-4-6-8-10-9;;;/h2-8H,1H3;1H;2*1H2. The molecule has 1 aromatic rings. The summed E-state index contributed by atoms with van der Waals surface area (Å²) in [5.74, 6) is 0. The van der Waals surface area contributed by atoms with Crippen molar-refractivity contribution in [1.82, 2.24) is 0 Å². The highest BCUT2D eigenvalue weighted by Gasteiger charge is 1.79. The average molecular weight is 223 g/mol. The molecule has 0 spiro atoms. The number of hydrogen-bond donors (Lipinski definition) is 0. The Kier molecular flexibility index (Phi) is 16.0. The molecule has 0 atom stereocenters. The van der Waals surface area contributed by atoms with Gasteiger partial charge in [-0.1, -0.05) is 24.3 Å². The zero-order chi connectivity index (χ0) is 7.23. The van der Waals surface area contributed by atoms with E-state index in [4.69, 9.17) is 0 Å². The summed E-state index contributed by atoms with van der Waals surface area (Å²) in [6.07, 6.45) is 0. The van der Waals surface area contributed by atoms with Gasteiger partial charge in [-0.25, -0.2) is 0 Å². The minimum absolute atomic E-state index is 0. The molecule has 0 aliphatic rings. The summed E-state index contributed by atoms with van der Waals surface area (Å²) in [5, 5.41) is 2.13. The highest BCUT2D eigenvalue weighted by atomic mass is 35.5. The lowest BCUT2D eigenvalue weighted by molar-refractivity contribution is -0.00000443. The molecule has 76 valence electrons. The molecule has 0 saturated heterocycles. The van der Waals surface area contributed by atoms with Gasteiger partial charge in [-0.3, -0.25) is 0 Å². The van der Waals surface area contributed by atoms with Gasteiger partial charge in [-0.15, -0.1) is 0 Å². The quantitative estimate of drug-likeness (QED) is 0.469. The lowest BCUT2D eigenvalue weighted by atomic mass is 10.4. The normalized spacial score (nSPS) is 6.54. The van der Waals surface area contributed by atoms with Gasteiger partial charge in [-0.05, 0) is 23.5 Å². The molecule has 0 saturated carbocycles. The number of halogens is 1. The lowest BCUT2D eigenvalue weighted by Crippen LogP contribution is -3.00. The van der Waals surface area contributed by atoms with Crippen LogP contribution in [-0.4, -0.2) is 11.0 Å². The molecule has 0 aromatic carbocycles. The maximum absolute atomic E-state index is 2.13. The van der Waals surface area contributed by atoms with Gasteiger partial charge in [0.05, 0.1) is 0 Å².